The molecule has 0 aromatic heterocycles. The van der Waals surface area contributed by atoms with Crippen LogP contribution in [0.4, 0.5) is 0 Å². The molecular formula is C21H35Cl2N3O2. The Hall–Kier alpha value is -0.850. The van der Waals surface area contributed by atoms with E-state index < -0.39 is 0 Å². The molecule has 2 fully saturated rings. The van der Waals surface area contributed by atoms with Gasteiger partial charge in [-0.1, -0.05) is 30.3 Å². The zero-order valence-corrected chi connectivity index (χ0v) is 18.5. The third kappa shape index (κ3) is 7.20. The van der Waals surface area contributed by atoms with E-state index in [4.69, 9.17) is 4.74 Å². The molecule has 2 N–H and O–H groups in total. The monoisotopic (exact) mass is 431 g/mol. The van der Waals surface area contributed by atoms with Crippen LogP contribution in [0.15, 0.2) is 30.3 Å². The molecule has 1 aromatic carbocycles. The van der Waals surface area contributed by atoms with Crippen LogP contribution in [-0.2, 0) is 16.1 Å². The molecule has 2 aliphatic rings. The number of carbonyl (C=O) groups excluding carboxylic acids is 1. The number of nitrogens with one attached hydrogen (secondary N) is 2. The molecule has 0 saturated carbocycles. The number of nitrogens with zero attached hydrogens (tertiary/aromatic N) is 1. The SMILES string of the molecule is COCC1(CNC(=O)C2CCCN(Cc3ccccc3)C2)CCNCC1.Cl.Cl. The van der Waals surface area contributed by atoms with Crippen molar-refractivity contribution in [1.29, 1.82) is 0 Å². The van der Waals surface area contributed by atoms with Gasteiger partial charge in [0.05, 0.1) is 12.5 Å². The van der Waals surface area contributed by atoms with Crippen molar-refractivity contribution >= 4 is 30.7 Å². The second-order valence-corrected chi connectivity index (χ2v) is 7.96. The minimum absolute atomic E-state index is 0. The van der Waals surface area contributed by atoms with E-state index in [9.17, 15) is 4.79 Å². The van der Waals surface area contributed by atoms with Crippen LogP contribution in [0.25, 0.3) is 0 Å². The lowest BCUT2D eigenvalue weighted by atomic mass is 9.79. The van der Waals surface area contributed by atoms with Crippen LogP contribution < -0.4 is 10.6 Å². The van der Waals surface area contributed by atoms with Crippen LogP contribution >= 0.6 is 24.8 Å². The van der Waals surface area contributed by atoms with Crippen LogP contribution in [0.3, 0.4) is 0 Å². The fraction of sp³-hybridized carbons (Fsp3) is 0.667. The highest BCUT2D eigenvalue weighted by molar-refractivity contribution is 5.85. The number of carbonyl (C=O) groups is 1. The first-order valence-corrected chi connectivity index (χ1v) is 9.94. The van der Waals surface area contributed by atoms with Gasteiger partial charge in [0.1, 0.15) is 0 Å². The number of likely N-dealkylation sites (tertiary alicyclic amines) is 1. The summed E-state index contributed by atoms with van der Waals surface area (Å²) >= 11 is 0. The standard InChI is InChI=1S/C21H33N3O2.2ClH/c1-26-17-21(9-11-22-12-10-21)16-23-20(25)19-8-5-13-24(15-19)14-18-6-3-2-4-7-18;;/h2-4,6-7,19,22H,5,8-17H2,1H3,(H,23,25);2*1H. The fourth-order valence-corrected chi connectivity index (χ4v) is 4.31. The summed E-state index contributed by atoms with van der Waals surface area (Å²) in [5.41, 5.74) is 1.41. The van der Waals surface area contributed by atoms with E-state index in [-0.39, 0.29) is 42.1 Å². The molecule has 0 bridgehead atoms. The summed E-state index contributed by atoms with van der Waals surface area (Å²) in [7, 11) is 1.76. The van der Waals surface area contributed by atoms with Gasteiger partial charge in [0, 0.05) is 32.2 Å². The van der Waals surface area contributed by atoms with E-state index in [0.29, 0.717) is 0 Å². The summed E-state index contributed by atoms with van der Waals surface area (Å²) in [6.45, 7) is 6.35. The molecule has 5 nitrogen and oxygen atoms in total. The molecule has 1 unspecified atom stereocenters. The van der Waals surface area contributed by atoms with Crippen LogP contribution in [-0.4, -0.2) is 57.2 Å². The predicted octanol–water partition coefficient (Wildman–Crippen LogP) is 2.87. The Bertz CT molecular complexity index is 563. The smallest absolute Gasteiger partial charge is 0.224 e. The average Bonchev–Trinajstić information content (AvgIpc) is 2.68. The van der Waals surface area contributed by atoms with Crippen LogP contribution in [0, 0.1) is 11.3 Å². The molecule has 1 amide bonds. The summed E-state index contributed by atoms with van der Waals surface area (Å²) < 4.78 is 5.46. The summed E-state index contributed by atoms with van der Waals surface area (Å²) in [4.78, 5) is 15.2. The van der Waals surface area contributed by atoms with E-state index in [2.05, 4.69) is 39.8 Å². The maximum Gasteiger partial charge on any atom is 0.224 e. The topological polar surface area (TPSA) is 53.6 Å². The molecule has 0 aliphatic carbocycles. The van der Waals surface area contributed by atoms with Gasteiger partial charge in [0.2, 0.25) is 5.91 Å². The Kier molecular flexibility index (Phi) is 11.4. The van der Waals surface area contributed by atoms with Crippen LogP contribution in [0.5, 0.6) is 0 Å². The maximum absolute atomic E-state index is 12.8. The Morgan fingerprint density at radius 1 is 1.25 bits per heavy atom. The number of piperidine rings is 2. The van der Waals surface area contributed by atoms with Crippen molar-refractivity contribution in [1.82, 2.24) is 15.5 Å². The number of methoxy groups -OCH3 is 1. The summed E-state index contributed by atoms with van der Waals surface area (Å²) in [5, 5.41) is 6.66. The van der Waals surface area contributed by atoms with E-state index in [0.717, 1.165) is 71.6 Å². The largest absolute Gasteiger partial charge is 0.384 e. The van der Waals surface area contributed by atoms with Gasteiger partial charge >= 0.3 is 0 Å². The summed E-state index contributed by atoms with van der Waals surface area (Å²) in [6, 6.07) is 10.5. The van der Waals surface area contributed by atoms with Crippen molar-refractivity contribution < 1.29 is 9.53 Å². The second kappa shape index (κ2) is 12.7. The third-order valence-electron chi connectivity index (χ3n) is 5.88. The third-order valence-corrected chi connectivity index (χ3v) is 5.88. The normalized spacial score (nSPS) is 21.8. The average molecular weight is 432 g/mol. The maximum atomic E-state index is 12.8. The molecule has 0 radical (unpaired) electrons. The Morgan fingerprint density at radius 3 is 2.64 bits per heavy atom. The van der Waals surface area contributed by atoms with Crippen LogP contribution in [0.1, 0.15) is 31.2 Å². The molecule has 7 heteroatoms. The van der Waals surface area contributed by atoms with Crippen molar-refractivity contribution in [2.75, 3.05) is 46.4 Å². The lowest BCUT2D eigenvalue weighted by Gasteiger charge is -2.38. The zero-order valence-electron chi connectivity index (χ0n) is 16.8. The quantitative estimate of drug-likeness (QED) is 0.696. The number of hydrogen-bond donors (Lipinski definition) is 2. The molecular weight excluding hydrogens is 397 g/mol. The summed E-state index contributed by atoms with van der Waals surface area (Å²) in [6.07, 6.45) is 4.21. The van der Waals surface area contributed by atoms with E-state index in [1.54, 1.807) is 7.11 Å². The first-order chi connectivity index (χ1) is 12.7. The van der Waals surface area contributed by atoms with Crippen molar-refractivity contribution in [3.8, 4) is 0 Å². The molecule has 2 saturated heterocycles. The molecule has 2 aliphatic heterocycles. The first kappa shape index (κ1) is 25.2. The molecule has 3 rings (SSSR count). The Balaban J connectivity index is 0.00000196. The van der Waals surface area contributed by atoms with Crippen molar-refractivity contribution in [2.24, 2.45) is 11.3 Å². The van der Waals surface area contributed by atoms with Gasteiger partial charge in [-0.15, -0.1) is 24.8 Å². The van der Waals surface area contributed by atoms with E-state index >= 15 is 0 Å². The first-order valence-electron chi connectivity index (χ1n) is 9.94. The molecule has 1 atom stereocenters. The van der Waals surface area contributed by atoms with Crippen molar-refractivity contribution in [3.05, 3.63) is 35.9 Å². The summed E-state index contributed by atoms with van der Waals surface area (Å²) in [5.74, 6) is 0.325. The predicted molar refractivity (Wildman–Crippen MR) is 118 cm³/mol. The molecule has 1 aromatic rings. The second-order valence-electron chi connectivity index (χ2n) is 7.96. The number of halogens is 2. The molecule has 160 valence electrons. The van der Waals surface area contributed by atoms with Gasteiger partial charge in [-0.2, -0.15) is 0 Å². The Morgan fingerprint density at radius 2 is 1.96 bits per heavy atom. The number of benzene rings is 1. The van der Waals surface area contributed by atoms with E-state index in [1.165, 1.54) is 5.56 Å². The number of ether oxygens (including phenoxy) is 1. The molecule has 28 heavy (non-hydrogen) atoms. The van der Waals surface area contributed by atoms with Crippen molar-refractivity contribution in [3.63, 3.8) is 0 Å². The number of hydrogen-bond acceptors (Lipinski definition) is 4. The minimum atomic E-state index is 0. The lowest BCUT2D eigenvalue weighted by molar-refractivity contribution is -0.127. The van der Waals surface area contributed by atoms with Crippen molar-refractivity contribution in [2.45, 2.75) is 32.2 Å². The van der Waals surface area contributed by atoms with E-state index in [1.807, 2.05) is 6.07 Å². The van der Waals surface area contributed by atoms with Gasteiger partial charge in [-0.3, -0.25) is 9.69 Å². The molecule has 2 heterocycles. The number of rotatable bonds is 7. The highest BCUT2D eigenvalue weighted by atomic mass is 35.5. The van der Waals surface area contributed by atoms with Gasteiger partial charge in [-0.25, -0.2) is 0 Å². The highest BCUT2D eigenvalue weighted by Crippen LogP contribution is 2.28. The molecule has 0 spiro atoms. The lowest BCUT2D eigenvalue weighted by Crippen LogP contribution is -2.49. The number of amides is 1. The van der Waals surface area contributed by atoms with Gasteiger partial charge < -0.3 is 15.4 Å². The zero-order chi connectivity index (χ0) is 18.2. The van der Waals surface area contributed by atoms with Crippen LogP contribution in [0.2, 0.25) is 0 Å². The Labute approximate surface area is 181 Å². The minimum Gasteiger partial charge on any atom is -0.384 e. The van der Waals surface area contributed by atoms with Gasteiger partial charge in [0.15, 0.2) is 0 Å². The van der Waals surface area contributed by atoms with Gasteiger partial charge in [-0.05, 0) is 50.9 Å². The van der Waals surface area contributed by atoms with Gasteiger partial charge in [0.25, 0.3) is 0 Å². The fourth-order valence-electron chi connectivity index (χ4n) is 4.31. The highest BCUT2D eigenvalue weighted by Gasteiger charge is 2.34.